The molecule has 1 aliphatic carbocycles. The zero-order chi connectivity index (χ0) is 15.3. The zero-order valence-corrected chi connectivity index (χ0v) is 13.0. The number of aliphatic hydroxyl groups is 1. The average molecular weight is 291 g/mol. The number of aryl methyl sites for hydroxylation is 1. The molecule has 1 aliphatic rings. The third-order valence-electron chi connectivity index (χ3n) is 4.42. The first-order valence-electron chi connectivity index (χ1n) is 7.60. The Hall–Kier alpha value is -1.55. The summed E-state index contributed by atoms with van der Waals surface area (Å²) in [7, 11) is 1.81. The fourth-order valence-electron chi connectivity index (χ4n) is 2.79. The van der Waals surface area contributed by atoms with Gasteiger partial charge in [0.15, 0.2) is 0 Å². The molecular weight excluding hydrogens is 266 g/mol. The molecule has 1 fully saturated rings. The SMILES string of the molecule is Cc1ccccc1OCCC(=O)N(C)CC1(CO)CCC1. The van der Waals surface area contributed by atoms with E-state index in [0.29, 0.717) is 19.6 Å². The highest BCUT2D eigenvalue weighted by molar-refractivity contribution is 5.76. The molecule has 0 spiro atoms. The van der Waals surface area contributed by atoms with Crippen LogP contribution in [0.5, 0.6) is 5.75 Å². The standard InChI is InChI=1S/C17H25NO3/c1-14-6-3-4-7-15(14)21-11-8-16(20)18(2)12-17(13-19)9-5-10-17/h3-4,6-7,19H,5,8-13H2,1-2H3. The van der Waals surface area contributed by atoms with Gasteiger partial charge in [-0.05, 0) is 31.4 Å². The Balaban J connectivity index is 1.75. The number of hydrogen-bond acceptors (Lipinski definition) is 3. The summed E-state index contributed by atoms with van der Waals surface area (Å²) in [4.78, 5) is 13.8. The van der Waals surface area contributed by atoms with Gasteiger partial charge in [-0.15, -0.1) is 0 Å². The third kappa shape index (κ3) is 3.97. The van der Waals surface area contributed by atoms with Gasteiger partial charge in [-0.2, -0.15) is 0 Å². The smallest absolute Gasteiger partial charge is 0.225 e. The van der Waals surface area contributed by atoms with E-state index in [0.717, 1.165) is 30.6 Å². The van der Waals surface area contributed by atoms with Crippen LogP contribution in [-0.2, 0) is 4.79 Å². The molecule has 4 nitrogen and oxygen atoms in total. The molecule has 0 saturated heterocycles. The second-order valence-electron chi connectivity index (χ2n) is 6.13. The Kier molecular flexibility index (Phi) is 5.23. The summed E-state index contributed by atoms with van der Waals surface area (Å²) >= 11 is 0. The zero-order valence-electron chi connectivity index (χ0n) is 13.0. The Morgan fingerprint density at radius 1 is 1.38 bits per heavy atom. The molecule has 0 aromatic heterocycles. The normalized spacial score (nSPS) is 16.1. The van der Waals surface area contributed by atoms with Crippen LogP contribution < -0.4 is 4.74 Å². The summed E-state index contributed by atoms with van der Waals surface area (Å²) in [6.45, 7) is 3.20. The van der Waals surface area contributed by atoms with Crippen molar-refractivity contribution in [1.29, 1.82) is 0 Å². The molecule has 1 N–H and O–H groups in total. The van der Waals surface area contributed by atoms with Crippen molar-refractivity contribution in [2.75, 3.05) is 26.8 Å². The molecule has 0 aliphatic heterocycles. The van der Waals surface area contributed by atoms with Crippen molar-refractivity contribution in [2.45, 2.75) is 32.6 Å². The van der Waals surface area contributed by atoms with E-state index >= 15 is 0 Å². The van der Waals surface area contributed by atoms with Crippen molar-refractivity contribution in [1.82, 2.24) is 4.90 Å². The van der Waals surface area contributed by atoms with Crippen LogP contribution in [0.2, 0.25) is 0 Å². The Labute approximate surface area is 126 Å². The molecule has 0 bridgehead atoms. The van der Waals surface area contributed by atoms with Crippen molar-refractivity contribution in [3.8, 4) is 5.75 Å². The van der Waals surface area contributed by atoms with Gasteiger partial charge >= 0.3 is 0 Å². The van der Waals surface area contributed by atoms with E-state index in [2.05, 4.69) is 0 Å². The molecule has 116 valence electrons. The van der Waals surface area contributed by atoms with Gasteiger partial charge in [0.25, 0.3) is 0 Å². The van der Waals surface area contributed by atoms with Crippen molar-refractivity contribution in [3.63, 3.8) is 0 Å². The molecule has 1 aromatic rings. The number of benzene rings is 1. The van der Waals surface area contributed by atoms with E-state index in [9.17, 15) is 9.90 Å². The summed E-state index contributed by atoms with van der Waals surface area (Å²) in [5.41, 5.74) is 1.02. The minimum atomic E-state index is -0.0543. The Bertz CT molecular complexity index is 477. The molecule has 2 rings (SSSR count). The highest BCUT2D eigenvalue weighted by atomic mass is 16.5. The van der Waals surface area contributed by atoms with E-state index < -0.39 is 0 Å². The van der Waals surface area contributed by atoms with Gasteiger partial charge in [-0.1, -0.05) is 24.6 Å². The topological polar surface area (TPSA) is 49.8 Å². The Morgan fingerprint density at radius 2 is 2.10 bits per heavy atom. The van der Waals surface area contributed by atoms with Crippen LogP contribution >= 0.6 is 0 Å². The number of nitrogens with zero attached hydrogens (tertiary/aromatic N) is 1. The molecule has 1 saturated carbocycles. The number of ether oxygens (including phenoxy) is 1. The van der Waals surface area contributed by atoms with Gasteiger partial charge in [0.05, 0.1) is 19.6 Å². The van der Waals surface area contributed by atoms with E-state index in [1.54, 1.807) is 4.90 Å². The van der Waals surface area contributed by atoms with Crippen molar-refractivity contribution >= 4 is 5.91 Å². The van der Waals surface area contributed by atoms with Crippen molar-refractivity contribution in [2.24, 2.45) is 5.41 Å². The minimum absolute atomic E-state index is 0.0543. The van der Waals surface area contributed by atoms with Crippen LogP contribution in [0.4, 0.5) is 0 Å². The van der Waals surface area contributed by atoms with E-state index in [1.165, 1.54) is 0 Å². The van der Waals surface area contributed by atoms with Gasteiger partial charge in [0.2, 0.25) is 5.91 Å². The molecule has 0 atom stereocenters. The summed E-state index contributed by atoms with van der Waals surface area (Å²) in [5.74, 6) is 0.905. The summed E-state index contributed by atoms with van der Waals surface area (Å²) in [6.07, 6.45) is 3.55. The van der Waals surface area contributed by atoms with E-state index in [4.69, 9.17) is 4.74 Å². The van der Waals surface area contributed by atoms with Crippen molar-refractivity contribution < 1.29 is 14.6 Å². The Morgan fingerprint density at radius 3 is 2.67 bits per heavy atom. The van der Waals surface area contributed by atoms with Gasteiger partial charge in [-0.3, -0.25) is 4.79 Å². The highest BCUT2D eigenvalue weighted by Crippen LogP contribution is 2.40. The first-order chi connectivity index (χ1) is 10.1. The number of aliphatic hydroxyl groups excluding tert-OH is 1. The molecule has 0 unspecified atom stereocenters. The molecule has 0 radical (unpaired) electrons. The lowest BCUT2D eigenvalue weighted by Crippen LogP contribution is -2.45. The lowest BCUT2D eigenvalue weighted by atomic mass is 9.69. The predicted molar refractivity (Wildman–Crippen MR) is 82.3 cm³/mol. The third-order valence-corrected chi connectivity index (χ3v) is 4.42. The summed E-state index contributed by atoms with van der Waals surface area (Å²) in [6, 6.07) is 7.80. The van der Waals surface area contributed by atoms with Crippen LogP contribution in [0.25, 0.3) is 0 Å². The van der Waals surface area contributed by atoms with Crippen LogP contribution in [-0.4, -0.2) is 42.7 Å². The first kappa shape index (κ1) is 15.8. The molecule has 4 heteroatoms. The van der Waals surface area contributed by atoms with Crippen LogP contribution in [0, 0.1) is 12.3 Å². The second-order valence-corrected chi connectivity index (χ2v) is 6.13. The lowest BCUT2D eigenvalue weighted by Gasteiger charge is -2.42. The van der Waals surface area contributed by atoms with Gasteiger partial charge in [0, 0.05) is 19.0 Å². The second kappa shape index (κ2) is 6.94. The van der Waals surface area contributed by atoms with Gasteiger partial charge in [0.1, 0.15) is 5.75 Å². The van der Waals surface area contributed by atoms with Crippen LogP contribution in [0.1, 0.15) is 31.2 Å². The number of carbonyl (C=O) groups is 1. The van der Waals surface area contributed by atoms with Crippen molar-refractivity contribution in [3.05, 3.63) is 29.8 Å². The quantitative estimate of drug-likeness (QED) is 0.839. The summed E-state index contributed by atoms with van der Waals surface area (Å²) < 4.78 is 5.66. The number of amides is 1. The maximum Gasteiger partial charge on any atom is 0.225 e. The average Bonchev–Trinajstić information content (AvgIpc) is 2.44. The van der Waals surface area contributed by atoms with E-state index in [-0.39, 0.29) is 17.9 Å². The fraction of sp³-hybridized carbons (Fsp3) is 0.588. The molecule has 1 amide bonds. The molecule has 21 heavy (non-hydrogen) atoms. The first-order valence-corrected chi connectivity index (χ1v) is 7.60. The largest absolute Gasteiger partial charge is 0.493 e. The number of para-hydroxylation sites is 1. The van der Waals surface area contributed by atoms with E-state index in [1.807, 2.05) is 38.2 Å². The molecule has 0 heterocycles. The summed E-state index contributed by atoms with van der Waals surface area (Å²) in [5, 5.41) is 9.46. The molecular formula is C17H25NO3. The monoisotopic (exact) mass is 291 g/mol. The number of hydrogen-bond donors (Lipinski definition) is 1. The highest BCUT2D eigenvalue weighted by Gasteiger charge is 2.38. The molecule has 1 aromatic carbocycles. The number of carbonyl (C=O) groups excluding carboxylic acids is 1. The van der Waals surface area contributed by atoms with Gasteiger partial charge in [-0.25, -0.2) is 0 Å². The van der Waals surface area contributed by atoms with Crippen LogP contribution in [0.3, 0.4) is 0 Å². The lowest BCUT2D eigenvalue weighted by molar-refractivity contribution is -0.133. The maximum absolute atomic E-state index is 12.1. The van der Waals surface area contributed by atoms with Crippen LogP contribution in [0.15, 0.2) is 24.3 Å². The fourth-order valence-corrected chi connectivity index (χ4v) is 2.79. The maximum atomic E-state index is 12.1. The number of rotatable bonds is 7. The van der Waals surface area contributed by atoms with Gasteiger partial charge < -0.3 is 14.7 Å². The predicted octanol–water partition coefficient (Wildman–Crippen LogP) is 2.38. The minimum Gasteiger partial charge on any atom is -0.493 e.